The molecule has 0 bridgehead atoms. The van der Waals surface area contributed by atoms with Crippen molar-refractivity contribution in [1.29, 1.82) is 0 Å². The summed E-state index contributed by atoms with van der Waals surface area (Å²) in [5, 5.41) is 17.9. The molecule has 0 saturated heterocycles. The Morgan fingerprint density at radius 1 is 1.33 bits per heavy atom. The summed E-state index contributed by atoms with van der Waals surface area (Å²) in [4.78, 5) is 2.31. The third-order valence-electron chi connectivity index (χ3n) is 4.13. The molecule has 1 aromatic rings. The highest BCUT2D eigenvalue weighted by molar-refractivity contribution is 4.99. The van der Waals surface area contributed by atoms with E-state index in [1.165, 1.54) is 12.8 Å². The Kier molecular flexibility index (Phi) is 3.35. The molecule has 1 aliphatic heterocycles. The van der Waals surface area contributed by atoms with Crippen molar-refractivity contribution in [2.45, 2.75) is 51.3 Å². The van der Waals surface area contributed by atoms with Gasteiger partial charge in [-0.2, -0.15) is 0 Å². The number of aromatic nitrogens is 3. The fourth-order valence-electron chi connectivity index (χ4n) is 3.08. The van der Waals surface area contributed by atoms with E-state index in [-0.39, 0.29) is 6.10 Å². The Bertz CT molecular complexity index is 411. The third kappa shape index (κ3) is 2.42. The Balaban J connectivity index is 1.57. The van der Waals surface area contributed by atoms with Crippen LogP contribution in [0.1, 0.15) is 37.3 Å². The van der Waals surface area contributed by atoms with E-state index in [1.807, 2.05) is 0 Å². The lowest BCUT2D eigenvalue weighted by atomic mass is 9.82. The first kappa shape index (κ1) is 12.1. The van der Waals surface area contributed by atoms with E-state index in [0.29, 0.717) is 5.92 Å². The van der Waals surface area contributed by atoms with E-state index in [9.17, 15) is 5.11 Å². The van der Waals surface area contributed by atoms with Gasteiger partial charge in [0.1, 0.15) is 11.6 Å². The predicted octanol–water partition coefficient (Wildman–Crippen LogP) is 0.817. The van der Waals surface area contributed by atoms with Gasteiger partial charge in [-0.05, 0) is 38.6 Å². The van der Waals surface area contributed by atoms with Crippen molar-refractivity contribution in [3.8, 4) is 0 Å². The molecule has 3 rings (SSSR count). The zero-order chi connectivity index (χ0) is 12.5. The fourth-order valence-corrected chi connectivity index (χ4v) is 3.08. The minimum Gasteiger partial charge on any atom is -0.393 e. The van der Waals surface area contributed by atoms with E-state index in [1.54, 1.807) is 0 Å². The second-order valence-corrected chi connectivity index (χ2v) is 5.83. The molecule has 1 aromatic heterocycles. The van der Waals surface area contributed by atoms with Crippen LogP contribution in [-0.2, 0) is 19.5 Å². The standard InChI is InChI=1S/C13H22N4O/c1-16(8-10-6-11(18)7-10)9-13-15-14-12-4-2-3-5-17(12)13/h10-11,18H,2-9H2,1H3. The number of hydrogen-bond donors (Lipinski definition) is 1. The zero-order valence-electron chi connectivity index (χ0n) is 11.0. The summed E-state index contributed by atoms with van der Waals surface area (Å²) in [6.07, 6.45) is 5.44. The van der Waals surface area contributed by atoms with Gasteiger partial charge in [-0.15, -0.1) is 10.2 Å². The average molecular weight is 250 g/mol. The Labute approximate surface area is 108 Å². The van der Waals surface area contributed by atoms with Gasteiger partial charge in [0.25, 0.3) is 0 Å². The highest BCUT2D eigenvalue weighted by Gasteiger charge is 2.28. The first-order valence-electron chi connectivity index (χ1n) is 7.00. The maximum Gasteiger partial charge on any atom is 0.147 e. The molecule has 0 aromatic carbocycles. The van der Waals surface area contributed by atoms with Gasteiger partial charge < -0.3 is 9.67 Å². The quantitative estimate of drug-likeness (QED) is 0.859. The molecule has 0 unspecified atom stereocenters. The lowest BCUT2D eigenvalue weighted by Gasteiger charge is -2.34. The molecule has 2 heterocycles. The molecule has 0 amide bonds. The molecule has 0 atom stereocenters. The summed E-state index contributed by atoms with van der Waals surface area (Å²) in [6.45, 7) is 3.01. The first-order valence-corrected chi connectivity index (χ1v) is 7.00. The second kappa shape index (κ2) is 4.97. The topological polar surface area (TPSA) is 54.2 Å². The average Bonchev–Trinajstić information content (AvgIpc) is 2.71. The molecule has 1 N–H and O–H groups in total. The summed E-state index contributed by atoms with van der Waals surface area (Å²) < 4.78 is 2.29. The van der Waals surface area contributed by atoms with Crippen LogP contribution < -0.4 is 0 Å². The number of hydrogen-bond acceptors (Lipinski definition) is 4. The summed E-state index contributed by atoms with van der Waals surface area (Å²) in [5.74, 6) is 2.92. The van der Waals surface area contributed by atoms with Crippen LogP contribution in [0.4, 0.5) is 0 Å². The van der Waals surface area contributed by atoms with Gasteiger partial charge >= 0.3 is 0 Å². The summed E-state index contributed by atoms with van der Waals surface area (Å²) >= 11 is 0. The third-order valence-corrected chi connectivity index (χ3v) is 4.13. The van der Waals surface area contributed by atoms with Gasteiger partial charge in [-0.3, -0.25) is 4.90 Å². The van der Waals surface area contributed by atoms with E-state index < -0.39 is 0 Å². The second-order valence-electron chi connectivity index (χ2n) is 5.83. The maximum absolute atomic E-state index is 9.30. The molecular weight excluding hydrogens is 228 g/mol. The molecule has 0 spiro atoms. The van der Waals surface area contributed by atoms with Crippen LogP contribution in [0.15, 0.2) is 0 Å². The molecule has 1 saturated carbocycles. The Morgan fingerprint density at radius 2 is 2.17 bits per heavy atom. The van der Waals surface area contributed by atoms with Crippen molar-refractivity contribution >= 4 is 0 Å². The van der Waals surface area contributed by atoms with Gasteiger partial charge in [0, 0.05) is 19.5 Å². The minimum atomic E-state index is -0.0516. The van der Waals surface area contributed by atoms with Crippen LogP contribution in [-0.4, -0.2) is 44.5 Å². The van der Waals surface area contributed by atoms with Crippen molar-refractivity contribution in [1.82, 2.24) is 19.7 Å². The molecule has 0 radical (unpaired) electrons. The van der Waals surface area contributed by atoms with Gasteiger partial charge in [0.15, 0.2) is 0 Å². The van der Waals surface area contributed by atoms with Crippen LogP contribution in [0.5, 0.6) is 0 Å². The molecule has 1 aliphatic carbocycles. The normalized spacial score (nSPS) is 27.1. The summed E-state index contributed by atoms with van der Waals surface area (Å²) in [7, 11) is 2.13. The van der Waals surface area contributed by atoms with Crippen molar-refractivity contribution < 1.29 is 5.11 Å². The molecule has 1 fully saturated rings. The Hall–Kier alpha value is -0.940. The fraction of sp³-hybridized carbons (Fsp3) is 0.846. The largest absolute Gasteiger partial charge is 0.393 e. The highest BCUT2D eigenvalue weighted by Crippen LogP contribution is 2.28. The van der Waals surface area contributed by atoms with Crippen LogP contribution >= 0.6 is 0 Å². The number of fused-ring (bicyclic) bond motifs is 1. The maximum atomic E-state index is 9.30. The van der Waals surface area contributed by atoms with E-state index >= 15 is 0 Å². The SMILES string of the molecule is CN(Cc1nnc2n1CCCC2)CC1CC(O)C1. The molecule has 100 valence electrons. The van der Waals surface area contributed by atoms with Crippen LogP contribution in [0, 0.1) is 5.92 Å². The van der Waals surface area contributed by atoms with Gasteiger partial charge in [0.2, 0.25) is 0 Å². The lowest BCUT2D eigenvalue weighted by Crippen LogP contribution is -2.37. The molecule has 18 heavy (non-hydrogen) atoms. The van der Waals surface area contributed by atoms with Crippen LogP contribution in [0.2, 0.25) is 0 Å². The van der Waals surface area contributed by atoms with E-state index in [4.69, 9.17) is 0 Å². The van der Waals surface area contributed by atoms with Crippen LogP contribution in [0.25, 0.3) is 0 Å². The van der Waals surface area contributed by atoms with Crippen molar-refractivity contribution in [3.05, 3.63) is 11.6 Å². The first-order chi connectivity index (χ1) is 8.72. The minimum absolute atomic E-state index is 0.0516. The van der Waals surface area contributed by atoms with Crippen LogP contribution in [0.3, 0.4) is 0 Å². The summed E-state index contributed by atoms with van der Waals surface area (Å²) in [6, 6.07) is 0. The number of aryl methyl sites for hydroxylation is 1. The van der Waals surface area contributed by atoms with Crippen molar-refractivity contribution in [2.75, 3.05) is 13.6 Å². The Morgan fingerprint density at radius 3 is 2.94 bits per heavy atom. The predicted molar refractivity (Wildman–Crippen MR) is 68.0 cm³/mol. The highest BCUT2D eigenvalue weighted by atomic mass is 16.3. The zero-order valence-corrected chi connectivity index (χ0v) is 11.0. The van der Waals surface area contributed by atoms with Gasteiger partial charge in [-0.25, -0.2) is 0 Å². The smallest absolute Gasteiger partial charge is 0.147 e. The van der Waals surface area contributed by atoms with Crippen molar-refractivity contribution in [3.63, 3.8) is 0 Å². The van der Waals surface area contributed by atoms with E-state index in [0.717, 1.165) is 50.5 Å². The molecule has 5 nitrogen and oxygen atoms in total. The lowest BCUT2D eigenvalue weighted by molar-refractivity contribution is 0.0269. The number of nitrogens with zero attached hydrogens (tertiary/aromatic N) is 4. The van der Waals surface area contributed by atoms with Crippen molar-refractivity contribution in [2.24, 2.45) is 5.92 Å². The molecule has 5 heteroatoms. The number of rotatable bonds is 4. The summed E-state index contributed by atoms with van der Waals surface area (Å²) in [5.41, 5.74) is 0. The van der Waals surface area contributed by atoms with E-state index in [2.05, 4.69) is 26.7 Å². The molecular formula is C13H22N4O. The van der Waals surface area contributed by atoms with Gasteiger partial charge in [-0.1, -0.05) is 0 Å². The number of aliphatic hydroxyl groups is 1. The van der Waals surface area contributed by atoms with Gasteiger partial charge in [0.05, 0.1) is 12.6 Å². The molecule has 2 aliphatic rings. The number of aliphatic hydroxyl groups excluding tert-OH is 1. The monoisotopic (exact) mass is 250 g/mol.